The molecule has 0 aromatic rings. The van der Waals surface area contributed by atoms with Crippen molar-refractivity contribution in [3.63, 3.8) is 0 Å². The highest BCUT2D eigenvalue weighted by molar-refractivity contribution is 4.94. The van der Waals surface area contributed by atoms with E-state index in [-0.39, 0.29) is 0 Å². The lowest BCUT2D eigenvalue weighted by molar-refractivity contribution is 0.0444. The predicted octanol–water partition coefficient (Wildman–Crippen LogP) is 13.6. The van der Waals surface area contributed by atoms with Gasteiger partial charge in [0.25, 0.3) is 0 Å². The highest BCUT2D eigenvalue weighted by Gasteiger charge is 2.40. The normalized spacial score (nSPS) is 34.9. The Bertz CT molecular complexity index is 627. The average molecular weight is 584 g/mol. The summed E-state index contributed by atoms with van der Waals surface area (Å²) in [7, 11) is 0. The van der Waals surface area contributed by atoms with Gasteiger partial charge in [-0.1, -0.05) is 187 Å². The molecule has 1 saturated heterocycles. The zero-order chi connectivity index (χ0) is 29.1. The summed E-state index contributed by atoms with van der Waals surface area (Å²) in [5.74, 6) is 2.96. The van der Waals surface area contributed by atoms with Gasteiger partial charge in [0.2, 0.25) is 0 Å². The van der Waals surface area contributed by atoms with E-state index in [2.05, 4.69) is 11.8 Å². The van der Waals surface area contributed by atoms with E-state index in [4.69, 9.17) is 0 Å². The number of hydrogen-bond donors (Lipinski definition) is 0. The first kappa shape index (κ1) is 34.8. The first-order chi connectivity index (χ1) is 20.8. The number of hydrogen-bond acceptors (Lipinski definition) is 1. The van der Waals surface area contributed by atoms with Crippen LogP contribution in [0.3, 0.4) is 0 Å². The Morgan fingerprint density at radius 1 is 0.286 bits per heavy atom. The van der Waals surface area contributed by atoms with Gasteiger partial charge < -0.3 is 0 Å². The van der Waals surface area contributed by atoms with Crippen LogP contribution in [0.2, 0.25) is 0 Å². The first-order valence-corrected chi connectivity index (χ1v) is 20.6. The zero-order valence-corrected chi connectivity index (χ0v) is 29.0. The molecule has 42 heavy (non-hydrogen) atoms. The SMILES string of the molecule is CC1CCCCCCCC2CC(C1)N(C1CCCCCCCCCCCCCCC1)C1CCCCCCCCCC2C1. The summed E-state index contributed by atoms with van der Waals surface area (Å²) in [6, 6.07) is 2.64. The minimum atomic E-state index is 0.875. The second kappa shape index (κ2) is 21.7. The molecule has 1 heteroatoms. The molecule has 0 amide bonds. The topological polar surface area (TPSA) is 3.24 Å². The third kappa shape index (κ3) is 13.1. The number of nitrogens with zero attached hydrogens (tertiary/aromatic N) is 1. The van der Waals surface area contributed by atoms with Crippen molar-refractivity contribution in [1.82, 2.24) is 4.90 Å². The largest absolute Gasteiger partial charge is 0.294 e. The highest BCUT2D eigenvalue weighted by Crippen LogP contribution is 2.43. The van der Waals surface area contributed by atoms with Crippen molar-refractivity contribution >= 4 is 0 Å². The third-order valence-electron chi connectivity index (χ3n) is 12.7. The lowest BCUT2D eigenvalue weighted by atomic mass is 9.77. The standard InChI is InChI=1S/C41H77N/c1-36-27-21-15-14-17-23-29-38-35-41(33-36)42(40-32-26-20-13-9-10-16-22-28-37(38)34-40)39-30-24-18-11-7-5-3-2-4-6-8-12-19-25-31-39/h36-41H,2-35H2,1H3. The van der Waals surface area contributed by atoms with Gasteiger partial charge in [0.1, 0.15) is 0 Å². The molecular formula is C41H77N. The van der Waals surface area contributed by atoms with Crippen molar-refractivity contribution < 1.29 is 0 Å². The molecule has 1 aliphatic heterocycles. The van der Waals surface area contributed by atoms with Crippen molar-refractivity contribution in [2.75, 3.05) is 0 Å². The molecule has 4 aliphatic rings. The Morgan fingerprint density at radius 3 is 1.02 bits per heavy atom. The molecule has 4 rings (SSSR count). The van der Waals surface area contributed by atoms with Crippen LogP contribution >= 0.6 is 0 Å². The van der Waals surface area contributed by atoms with Crippen LogP contribution in [-0.2, 0) is 0 Å². The highest BCUT2D eigenvalue weighted by atomic mass is 15.2. The van der Waals surface area contributed by atoms with E-state index in [0.717, 1.165) is 35.9 Å². The van der Waals surface area contributed by atoms with Gasteiger partial charge in [0, 0.05) is 18.1 Å². The van der Waals surface area contributed by atoms with Crippen LogP contribution in [0.1, 0.15) is 225 Å². The smallest absolute Gasteiger partial charge is 0.0106 e. The van der Waals surface area contributed by atoms with Crippen LogP contribution in [0, 0.1) is 17.8 Å². The summed E-state index contributed by atoms with van der Waals surface area (Å²) >= 11 is 0. The molecule has 0 aromatic heterocycles. The summed E-state index contributed by atoms with van der Waals surface area (Å²) < 4.78 is 0. The van der Waals surface area contributed by atoms with E-state index in [1.54, 1.807) is 25.7 Å². The second-order valence-electron chi connectivity index (χ2n) is 16.3. The molecular weight excluding hydrogens is 506 g/mol. The quantitative estimate of drug-likeness (QED) is 0.297. The number of fused-ring (bicyclic) bond motifs is 5. The fourth-order valence-electron chi connectivity index (χ4n) is 10.2. The van der Waals surface area contributed by atoms with Crippen LogP contribution in [0.25, 0.3) is 0 Å². The van der Waals surface area contributed by atoms with Crippen LogP contribution in [0.5, 0.6) is 0 Å². The van der Waals surface area contributed by atoms with E-state index in [1.165, 1.54) is 193 Å². The molecule has 4 fully saturated rings. The minimum absolute atomic E-state index is 0.875. The van der Waals surface area contributed by atoms with Gasteiger partial charge in [-0.25, -0.2) is 0 Å². The van der Waals surface area contributed by atoms with Gasteiger partial charge in [-0.2, -0.15) is 0 Å². The molecule has 0 radical (unpaired) electrons. The van der Waals surface area contributed by atoms with Gasteiger partial charge in [-0.05, 0) is 56.3 Å². The van der Waals surface area contributed by atoms with E-state index < -0.39 is 0 Å². The molecule has 246 valence electrons. The fraction of sp³-hybridized carbons (Fsp3) is 1.00. The monoisotopic (exact) mass is 584 g/mol. The van der Waals surface area contributed by atoms with Crippen LogP contribution < -0.4 is 0 Å². The Balaban J connectivity index is 1.57. The summed E-state index contributed by atoms with van der Waals surface area (Å²) in [4.78, 5) is 3.37. The van der Waals surface area contributed by atoms with Gasteiger partial charge in [0.05, 0.1) is 0 Å². The van der Waals surface area contributed by atoms with Crippen molar-refractivity contribution in [3.8, 4) is 0 Å². The van der Waals surface area contributed by atoms with Gasteiger partial charge in [0.15, 0.2) is 0 Å². The lowest BCUT2D eigenvalue weighted by Crippen LogP contribution is -2.49. The molecule has 4 bridgehead atoms. The predicted molar refractivity (Wildman–Crippen MR) is 186 cm³/mol. The van der Waals surface area contributed by atoms with E-state index in [9.17, 15) is 0 Å². The maximum atomic E-state index is 3.37. The molecule has 0 aromatic carbocycles. The van der Waals surface area contributed by atoms with Gasteiger partial charge >= 0.3 is 0 Å². The summed E-state index contributed by atoms with van der Waals surface area (Å²) in [6.07, 6.45) is 51.4. The van der Waals surface area contributed by atoms with Crippen LogP contribution in [-0.4, -0.2) is 23.0 Å². The zero-order valence-electron chi connectivity index (χ0n) is 29.0. The third-order valence-corrected chi connectivity index (χ3v) is 12.7. The number of likely N-dealkylation sites (tertiary alicyclic amines) is 1. The molecule has 3 saturated carbocycles. The van der Waals surface area contributed by atoms with E-state index in [1.807, 2.05) is 0 Å². The summed E-state index contributed by atoms with van der Waals surface area (Å²) in [5.41, 5.74) is 0. The molecule has 1 heterocycles. The van der Waals surface area contributed by atoms with Crippen LogP contribution in [0.15, 0.2) is 0 Å². The second-order valence-corrected chi connectivity index (χ2v) is 16.3. The van der Waals surface area contributed by atoms with Crippen LogP contribution in [0.4, 0.5) is 0 Å². The molecule has 5 atom stereocenters. The molecule has 5 unspecified atom stereocenters. The Morgan fingerprint density at radius 2 is 0.595 bits per heavy atom. The molecule has 3 aliphatic carbocycles. The maximum Gasteiger partial charge on any atom is 0.0106 e. The fourth-order valence-corrected chi connectivity index (χ4v) is 10.2. The maximum absolute atomic E-state index is 3.37. The summed E-state index contributed by atoms with van der Waals surface area (Å²) in [6.45, 7) is 2.65. The van der Waals surface area contributed by atoms with E-state index in [0.29, 0.717) is 0 Å². The Kier molecular flexibility index (Phi) is 18.0. The van der Waals surface area contributed by atoms with Gasteiger partial charge in [-0.3, -0.25) is 4.90 Å². The molecule has 1 nitrogen and oxygen atoms in total. The van der Waals surface area contributed by atoms with Crippen molar-refractivity contribution in [2.45, 2.75) is 243 Å². The summed E-state index contributed by atoms with van der Waals surface area (Å²) in [5, 5.41) is 0. The molecule has 0 N–H and O–H groups in total. The average Bonchev–Trinajstić information content (AvgIpc) is 3.11. The number of rotatable bonds is 1. The van der Waals surface area contributed by atoms with Crippen molar-refractivity contribution in [3.05, 3.63) is 0 Å². The Hall–Kier alpha value is -0.0400. The van der Waals surface area contributed by atoms with Gasteiger partial charge in [-0.15, -0.1) is 0 Å². The Labute approximate surface area is 265 Å². The van der Waals surface area contributed by atoms with E-state index >= 15 is 0 Å². The first-order valence-electron chi connectivity index (χ1n) is 20.6. The van der Waals surface area contributed by atoms with Crippen molar-refractivity contribution in [2.24, 2.45) is 17.8 Å². The molecule has 0 spiro atoms. The van der Waals surface area contributed by atoms with Crippen molar-refractivity contribution in [1.29, 1.82) is 0 Å². The minimum Gasteiger partial charge on any atom is -0.294 e. The lowest BCUT2D eigenvalue weighted by Gasteiger charge is -2.44.